The summed E-state index contributed by atoms with van der Waals surface area (Å²) in [6.07, 6.45) is 0. The summed E-state index contributed by atoms with van der Waals surface area (Å²) >= 11 is 0. The maximum atomic E-state index is 2.37. The molecule has 9 aromatic carbocycles. The van der Waals surface area contributed by atoms with E-state index in [1.165, 1.54) is 87.6 Å². The SMILES string of the molecule is c1ccc(-c2ccc3cc(-c4c5ccccc5c(-c5cccc6ccc(-c7ccccc7)cc56)c5ccccc45)ccc3c2)cc1. The molecule has 0 aliphatic heterocycles. The summed E-state index contributed by atoms with van der Waals surface area (Å²) in [5, 5.41) is 10.1. The van der Waals surface area contributed by atoms with E-state index in [-0.39, 0.29) is 0 Å². The molecule has 9 aromatic rings. The Morgan fingerprint density at radius 2 is 0.674 bits per heavy atom. The maximum absolute atomic E-state index is 2.37. The average molecular weight is 583 g/mol. The van der Waals surface area contributed by atoms with Crippen LogP contribution < -0.4 is 0 Å². The lowest BCUT2D eigenvalue weighted by Crippen LogP contribution is -1.92. The van der Waals surface area contributed by atoms with Gasteiger partial charge in [0, 0.05) is 0 Å². The fraction of sp³-hybridized carbons (Fsp3) is 0. The molecule has 0 amide bonds. The molecule has 0 radical (unpaired) electrons. The van der Waals surface area contributed by atoms with Crippen molar-refractivity contribution >= 4 is 43.1 Å². The minimum absolute atomic E-state index is 1.23. The van der Waals surface area contributed by atoms with Crippen molar-refractivity contribution in [2.24, 2.45) is 0 Å². The van der Waals surface area contributed by atoms with Crippen LogP contribution in [0.2, 0.25) is 0 Å². The first-order valence-electron chi connectivity index (χ1n) is 15.9. The molecule has 0 unspecified atom stereocenters. The number of rotatable bonds is 4. The third-order valence-electron chi connectivity index (χ3n) is 9.43. The van der Waals surface area contributed by atoms with Crippen molar-refractivity contribution in [3.8, 4) is 44.5 Å². The number of hydrogen-bond acceptors (Lipinski definition) is 0. The molecule has 0 atom stereocenters. The summed E-state index contributed by atoms with van der Waals surface area (Å²) in [5.41, 5.74) is 10.0. The van der Waals surface area contributed by atoms with Crippen molar-refractivity contribution in [1.82, 2.24) is 0 Å². The van der Waals surface area contributed by atoms with E-state index >= 15 is 0 Å². The average Bonchev–Trinajstić information content (AvgIpc) is 3.14. The predicted octanol–water partition coefficient (Wildman–Crippen LogP) is 13.0. The van der Waals surface area contributed by atoms with Gasteiger partial charge < -0.3 is 0 Å². The zero-order valence-electron chi connectivity index (χ0n) is 25.3. The third kappa shape index (κ3) is 4.38. The first-order valence-corrected chi connectivity index (χ1v) is 15.9. The van der Waals surface area contributed by atoms with Gasteiger partial charge in [-0.3, -0.25) is 0 Å². The van der Waals surface area contributed by atoms with Crippen LogP contribution in [0.15, 0.2) is 182 Å². The molecule has 0 saturated carbocycles. The van der Waals surface area contributed by atoms with Crippen molar-refractivity contribution in [3.05, 3.63) is 182 Å². The first kappa shape index (κ1) is 26.4. The summed E-state index contributed by atoms with van der Waals surface area (Å²) in [4.78, 5) is 0. The van der Waals surface area contributed by atoms with Gasteiger partial charge in [-0.2, -0.15) is 0 Å². The lowest BCUT2D eigenvalue weighted by molar-refractivity contribution is 1.64. The Morgan fingerprint density at radius 1 is 0.217 bits per heavy atom. The molecule has 0 aliphatic rings. The van der Waals surface area contributed by atoms with E-state index in [9.17, 15) is 0 Å². The van der Waals surface area contributed by atoms with Gasteiger partial charge >= 0.3 is 0 Å². The lowest BCUT2D eigenvalue weighted by Gasteiger charge is -2.19. The molecule has 0 nitrogen and oxygen atoms in total. The van der Waals surface area contributed by atoms with Crippen molar-refractivity contribution in [3.63, 3.8) is 0 Å². The van der Waals surface area contributed by atoms with Crippen LogP contribution in [0.1, 0.15) is 0 Å². The Morgan fingerprint density at radius 3 is 1.26 bits per heavy atom. The van der Waals surface area contributed by atoms with E-state index in [0.717, 1.165) is 0 Å². The molecule has 214 valence electrons. The molecular formula is C46H30. The van der Waals surface area contributed by atoms with Crippen LogP contribution >= 0.6 is 0 Å². The van der Waals surface area contributed by atoms with Gasteiger partial charge in [0.05, 0.1) is 0 Å². The summed E-state index contributed by atoms with van der Waals surface area (Å²) in [6.45, 7) is 0. The van der Waals surface area contributed by atoms with Crippen LogP contribution in [0.5, 0.6) is 0 Å². The van der Waals surface area contributed by atoms with E-state index < -0.39 is 0 Å². The summed E-state index contributed by atoms with van der Waals surface area (Å²) in [5.74, 6) is 0. The second-order valence-electron chi connectivity index (χ2n) is 12.1. The molecule has 0 N–H and O–H groups in total. The number of benzene rings is 9. The van der Waals surface area contributed by atoms with Gasteiger partial charge in [-0.05, 0) is 106 Å². The summed E-state index contributed by atoms with van der Waals surface area (Å²) < 4.78 is 0. The zero-order valence-corrected chi connectivity index (χ0v) is 25.3. The van der Waals surface area contributed by atoms with Crippen LogP contribution in [-0.2, 0) is 0 Å². The highest BCUT2D eigenvalue weighted by Gasteiger charge is 2.18. The standard InChI is InChI=1S/C46H30/c1-3-12-31(13-4-1)34-24-25-36-29-38(27-26-35(36)28-34)45-39-17-7-9-19-41(39)46(42-20-10-8-18-40(42)45)43-21-11-16-33-22-23-37(30-44(33)43)32-14-5-2-6-15-32/h1-30H. The fourth-order valence-corrected chi connectivity index (χ4v) is 7.24. The van der Waals surface area contributed by atoms with E-state index in [1.54, 1.807) is 0 Å². The van der Waals surface area contributed by atoms with Gasteiger partial charge in [-0.1, -0.05) is 164 Å². The summed E-state index contributed by atoms with van der Waals surface area (Å²) in [6, 6.07) is 66.5. The third-order valence-corrected chi connectivity index (χ3v) is 9.43. The van der Waals surface area contributed by atoms with Gasteiger partial charge in [0.1, 0.15) is 0 Å². The van der Waals surface area contributed by atoms with Gasteiger partial charge in [-0.25, -0.2) is 0 Å². The van der Waals surface area contributed by atoms with Gasteiger partial charge in [0.15, 0.2) is 0 Å². The van der Waals surface area contributed by atoms with E-state index in [2.05, 4.69) is 182 Å². The normalized spacial score (nSPS) is 11.5. The smallest absolute Gasteiger partial charge is 0.00201 e. The Kier molecular flexibility index (Phi) is 6.25. The van der Waals surface area contributed by atoms with Crippen LogP contribution in [0.3, 0.4) is 0 Å². The number of fused-ring (bicyclic) bond motifs is 4. The first-order chi connectivity index (χ1) is 22.8. The molecule has 0 aliphatic carbocycles. The van der Waals surface area contributed by atoms with Crippen molar-refractivity contribution < 1.29 is 0 Å². The highest BCUT2D eigenvalue weighted by atomic mass is 14.2. The van der Waals surface area contributed by atoms with Crippen LogP contribution in [-0.4, -0.2) is 0 Å². The van der Waals surface area contributed by atoms with Crippen molar-refractivity contribution in [2.75, 3.05) is 0 Å². The van der Waals surface area contributed by atoms with Crippen molar-refractivity contribution in [1.29, 1.82) is 0 Å². The molecule has 9 rings (SSSR count). The highest BCUT2D eigenvalue weighted by molar-refractivity contribution is 6.24. The minimum Gasteiger partial charge on any atom is -0.0622 e. The maximum Gasteiger partial charge on any atom is -0.00201 e. The molecule has 0 heterocycles. The second kappa shape index (κ2) is 10.9. The minimum atomic E-state index is 1.23. The molecule has 0 heteroatoms. The van der Waals surface area contributed by atoms with Gasteiger partial charge in [0.2, 0.25) is 0 Å². The number of hydrogen-bond donors (Lipinski definition) is 0. The van der Waals surface area contributed by atoms with Gasteiger partial charge in [-0.15, -0.1) is 0 Å². The van der Waals surface area contributed by atoms with E-state index in [1.807, 2.05) is 0 Å². The molecule has 46 heavy (non-hydrogen) atoms. The van der Waals surface area contributed by atoms with Crippen LogP contribution in [0.4, 0.5) is 0 Å². The zero-order chi connectivity index (χ0) is 30.5. The Labute approximate surface area is 268 Å². The predicted molar refractivity (Wildman–Crippen MR) is 198 cm³/mol. The van der Waals surface area contributed by atoms with Crippen molar-refractivity contribution in [2.45, 2.75) is 0 Å². The van der Waals surface area contributed by atoms with Crippen LogP contribution in [0, 0.1) is 0 Å². The highest BCUT2D eigenvalue weighted by Crippen LogP contribution is 2.46. The Bertz CT molecular complexity index is 2500. The Hall–Kier alpha value is -5.98. The lowest BCUT2D eigenvalue weighted by atomic mass is 9.84. The monoisotopic (exact) mass is 582 g/mol. The fourth-order valence-electron chi connectivity index (χ4n) is 7.24. The molecule has 0 aromatic heterocycles. The van der Waals surface area contributed by atoms with E-state index in [4.69, 9.17) is 0 Å². The molecular weight excluding hydrogens is 553 g/mol. The molecule has 0 saturated heterocycles. The molecule has 0 fully saturated rings. The molecule has 0 bridgehead atoms. The Balaban J connectivity index is 1.29. The van der Waals surface area contributed by atoms with Crippen LogP contribution in [0.25, 0.3) is 87.6 Å². The summed E-state index contributed by atoms with van der Waals surface area (Å²) in [7, 11) is 0. The topological polar surface area (TPSA) is 0 Å². The quantitative estimate of drug-likeness (QED) is 0.181. The van der Waals surface area contributed by atoms with E-state index in [0.29, 0.717) is 0 Å². The second-order valence-corrected chi connectivity index (χ2v) is 12.1. The largest absolute Gasteiger partial charge is 0.0622 e. The molecule has 0 spiro atoms. The van der Waals surface area contributed by atoms with Gasteiger partial charge in [0.25, 0.3) is 0 Å².